The molecule has 0 spiro atoms. The molecule has 1 aromatic carbocycles. The minimum Gasteiger partial charge on any atom is -0.494 e. The molecule has 1 atom stereocenters. The number of ether oxygens (including phenoxy) is 1. The second-order valence-corrected chi connectivity index (χ2v) is 6.15. The largest absolute Gasteiger partial charge is 0.494 e. The molecule has 1 aliphatic heterocycles. The van der Waals surface area contributed by atoms with E-state index >= 15 is 0 Å². The second kappa shape index (κ2) is 7.76. The maximum Gasteiger partial charge on any atom is 0.165 e. The predicted molar refractivity (Wildman–Crippen MR) is 84.1 cm³/mol. The van der Waals surface area contributed by atoms with Gasteiger partial charge in [0.25, 0.3) is 0 Å². The number of rotatable bonds is 7. The minimum absolute atomic E-state index is 0.295. The number of halogens is 1. The Hall–Kier alpha value is -1.13. The van der Waals surface area contributed by atoms with Crippen LogP contribution in [0.15, 0.2) is 18.2 Å². The average molecular weight is 294 g/mol. The Morgan fingerprint density at radius 1 is 1.29 bits per heavy atom. The van der Waals surface area contributed by atoms with Crippen LogP contribution in [0.3, 0.4) is 0 Å². The van der Waals surface area contributed by atoms with E-state index in [0.29, 0.717) is 24.3 Å². The predicted octanol–water partition coefficient (Wildman–Crippen LogP) is 3.04. The van der Waals surface area contributed by atoms with Crippen molar-refractivity contribution in [3.8, 4) is 5.75 Å². The van der Waals surface area contributed by atoms with E-state index in [2.05, 4.69) is 24.1 Å². The Morgan fingerprint density at radius 3 is 2.57 bits per heavy atom. The van der Waals surface area contributed by atoms with Gasteiger partial charge in [-0.2, -0.15) is 0 Å². The van der Waals surface area contributed by atoms with E-state index in [4.69, 9.17) is 4.74 Å². The van der Waals surface area contributed by atoms with Crippen molar-refractivity contribution in [1.29, 1.82) is 0 Å². The minimum atomic E-state index is -0.295. The Kier molecular flexibility index (Phi) is 6.00. The molecular weight excluding hydrogens is 267 g/mol. The van der Waals surface area contributed by atoms with Crippen LogP contribution in [0, 0.1) is 11.7 Å². The zero-order valence-corrected chi connectivity index (χ0v) is 13.4. The third-order valence-electron chi connectivity index (χ3n) is 4.28. The lowest BCUT2D eigenvalue weighted by molar-refractivity contribution is 0.186. The Bertz CT molecular complexity index is 444. The van der Waals surface area contributed by atoms with Crippen LogP contribution in [0.2, 0.25) is 0 Å². The SMILES string of the molecule is COc1ccc(CNCC(C(C)C)N2CCCC2)cc1F. The fourth-order valence-corrected chi connectivity index (χ4v) is 3.04. The van der Waals surface area contributed by atoms with E-state index in [1.165, 1.54) is 33.0 Å². The van der Waals surface area contributed by atoms with Crippen LogP contribution in [0.4, 0.5) is 4.39 Å². The molecule has 1 saturated heterocycles. The summed E-state index contributed by atoms with van der Waals surface area (Å²) in [5, 5.41) is 3.48. The van der Waals surface area contributed by atoms with E-state index < -0.39 is 0 Å². The van der Waals surface area contributed by atoms with Gasteiger partial charge in [-0.3, -0.25) is 4.90 Å². The van der Waals surface area contributed by atoms with E-state index in [1.54, 1.807) is 12.1 Å². The Labute approximate surface area is 127 Å². The lowest BCUT2D eigenvalue weighted by Crippen LogP contribution is -2.44. The monoisotopic (exact) mass is 294 g/mol. The number of nitrogens with zero attached hydrogens (tertiary/aromatic N) is 1. The van der Waals surface area contributed by atoms with Crippen molar-refractivity contribution in [2.45, 2.75) is 39.3 Å². The first-order valence-electron chi connectivity index (χ1n) is 7.89. The number of hydrogen-bond acceptors (Lipinski definition) is 3. The molecule has 0 aliphatic carbocycles. The van der Waals surface area contributed by atoms with Crippen LogP contribution >= 0.6 is 0 Å². The van der Waals surface area contributed by atoms with Crippen LogP contribution in [0.1, 0.15) is 32.3 Å². The van der Waals surface area contributed by atoms with Gasteiger partial charge < -0.3 is 10.1 Å². The summed E-state index contributed by atoms with van der Waals surface area (Å²) in [5.41, 5.74) is 0.956. The molecule has 0 radical (unpaired) electrons. The van der Waals surface area contributed by atoms with Gasteiger partial charge in [-0.15, -0.1) is 0 Å². The van der Waals surface area contributed by atoms with E-state index in [0.717, 1.165) is 12.1 Å². The summed E-state index contributed by atoms with van der Waals surface area (Å²) in [5.74, 6) is 0.635. The lowest BCUT2D eigenvalue weighted by atomic mass is 10.0. The molecular formula is C17H27FN2O. The summed E-state index contributed by atoms with van der Waals surface area (Å²) in [6, 6.07) is 5.71. The summed E-state index contributed by atoms with van der Waals surface area (Å²) in [4.78, 5) is 2.58. The average Bonchev–Trinajstić information content (AvgIpc) is 2.97. The van der Waals surface area contributed by atoms with Crippen LogP contribution in [-0.4, -0.2) is 37.7 Å². The number of benzene rings is 1. The molecule has 0 saturated carbocycles. The number of likely N-dealkylation sites (tertiary alicyclic amines) is 1. The highest BCUT2D eigenvalue weighted by molar-refractivity contribution is 5.29. The van der Waals surface area contributed by atoms with Crippen molar-refractivity contribution >= 4 is 0 Å². The number of hydrogen-bond donors (Lipinski definition) is 1. The van der Waals surface area contributed by atoms with Crippen molar-refractivity contribution in [2.24, 2.45) is 5.92 Å². The highest BCUT2D eigenvalue weighted by Crippen LogP contribution is 2.19. The molecule has 2 rings (SSSR count). The topological polar surface area (TPSA) is 24.5 Å². The van der Waals surface area contributed by atoms with Gasteiger partial charge in [0.05, 0.1) is 7.11 Å². The zero-order valence-electron chi connectivity index (χ0n) is 13.4. The summed E-state index contributed by atoms with van der Waals surface area (Å²) in [7, 11) is 1.49. The molecule has 0 aromatic heterocycles. The van der Waals surface area contributed by atoms with Gasteiger partial charge >= 0.3 is 0 Å². The molecule has 1 heterocycles. The van der Waals surface area contributed by atoms with E-state index in [9.17, 15) is 4.39 Å². The molecule has 3 nitrogen and oxygen atoms in total. The molecule has 1 unspecified atom stereocenters. The second-order valence-electron chi connectivity index (χ2n) is 6.15. The van der Waals surface area contributed by atoms with Crippen molar-refractivity contribution < 1.29 is 9.13 Å². The fraction of sp³-hybridized carbons (Fsp3) is 0.647. The number of nitrogens with one attached hydrogen (secondary N) is 1. The van der Waals surface area contributed by atoms with Crippen LogP contribution in [-0.2, 0) is 6.54 Å². The molecule has 4 heteroatoms. The van der Waals surface area contributed by atoms with Crippen molar-refractivity contribution in [3.63, 3.8) is 0 Å². The van der Waals surface area contributed by atoms with Crippen molar-refractivity contribution in [2.75, 3.05) is 26.7 Å². The standard InChI is InChI=1S/C17H27FN2O/c1-13(2)16(20-8-4-5-9-20)12-19-11-14-6-7-17(21-3)15(18)10-14/h6-7,10,13,16,19H,4-5,8-9,11-12H2,1-3H3. The fourth-order valence-electron chi connectivity index (χ4n) is 3.04. The first-order valence-corrected chi connectivity index (χ1v) is 7.89. The molecule has 1 aromatic rings. The molecule has 1 aliphatic rings. The van der Waals surface area contributed by atoms with Crippen LogP contribution < -0.4 is 10.1 Å². The van der Waals surface area contributed by atoms with Gasteiger partial charge in [-0.25, -0.2) is 4.39 Å². The van der Waals surface area contributed by atoms with Gasteiger partial charge in [0.2, 0.25) is 0 Å². The van der Waals surface area contributed by atoms with E-state index in [1.807, 2.05) is 6.07 Å². The summed E-state index contributed by atoms with van der Waals surface area (Å²) in [6.07, 6.45) is 2.62. The first kappa shape index (κ1) is 16.2. The molecule has 21 heavy (non-hydrogen) atoms. The van der Waals surface area contributed by atoms with Crippen molar-refractivity contribution in [3.05, 3.63) is 29.6 Å². The molecule has 118 valence electrons. The summed E-state index contributed by atoms with van der Waals surface area (Å²) < 4.78 is 18.6. The maximum atomic E-state index is 13.6. The van der Waals surface area contributed by atoms with Gasteiger partial charge in [0, 0.05) is 19.1 Å². The highest BCUT2D eigenvalue weighted by Gasteiger charge is 2.23. The Balaban J connectivity index is 1.85. The van der Waals surface area contributed by atoms with Gasteiger partial charge in [-0.05, 0) is 49.5 Å². The van der Waals surface area contributed by atoms with Gasteiger partial charge in [-0.1, -0.05) is 19.9 Å². The lowest BCUT2D eigenvalue weighted by Gasteiger charge is -2.31. The van der Waals surface area contributed by atoms with E-state index in [-0.39, 0.29) is 5.82 Å². The van der Waals surface area contributed by atoms with Gasteiger partial charge in [0.15, 0.2) is 11.6 Å². The smallest absolute Gasteiger partial charge is 0.165 e. The maximum absolute atomic E-state index is 13.6. The molecule has 0 bridgehead atoms. The molecule has 1 N–H and O–H groups in total. The third kappa shape index (κ3) is 4.42. The van der Waals surface area contributed by atoms with Crippen LogP contribution in [0.25, 0.3) is 0 Å². The van der Waals surface area contributed by atoms with Crippen molar-refractivity contribution in [1.82, 2.24) is 10.2 Å². The summed E-state index contributed by atoms with van der Waals surface area (Å²) >= 11 is 0. The zero-order chi connectivity index (χ0) is 15.2. The highest BCUT2D eigenvalue weighted by atomic mass is 19.1. The molecule has 1 fully saturated rings. The Morgan fingerprint density at radius 2 is 2.00 bits per heavy atom. The molecule has 0 amide bonds. The number of methoxy groups -OCH3 is 1. The quantitative estimate of drug-likeness (QED) is 0.836. The summed E-state index contributed by atoms with van der Waals surface area (Å²) in [6.45, 7) is 8.61. The van der Waals surface area contributed by atoms with Gasteiger partial charge in [0.1, 0.15) is 0 Å². The third-order valence-corrected chi connectivity index (χ3v) is 4.28. The normalized spacial score (nSPS) is 17.4. The first-order chi connectivity index (χ1) is 10.1. The van der Waals surface area contributed by atoms with Crippen LogP contribution in [0.5, 0.6) is 5.75 Å².